The molecule has 106 valence electrons. The average molecular weight is 336 g/mol. The molecule has 0 aliphatic carbocycles. The molecule has 2 rings (SSSR count). The van der Waals surface area contributed by atoms with E-state index in [1.165, 1.54) is 5.56 Å². The summed E-state index contributed by atoms with van der Waals surface area (Å²) in [6, 6.07) is 11.6. The molecule has 0 fully saturated rings. The van der Waals surface area contributed by atoms with Gasteiger partial charge >= 0.3 is 0 Å². The van der Waals surface area contributed by atoms with Crippen molar-refractivity contribution in [2.45, 2.75) is 20.4 Å². The van der Waals surface area contributed by atoms with Crippen LogP contribution in [0.1, 0.15) is 18.1 Å². The van der Waals surface area contributed by atoms with Crippen molar-refractivity contribution in [2.75, 3.05) is 11.9 Å². The summed E-state index contributed by atoms with van der Waals surface area (Å²) in [6.45, 7) is 5.33. The highest BCUT2D eigenvalue weighted by atomic mass is 79.9. The Morgan fingerprint density at radius 3 is 2.70 bits per heavy atom. The summed E-state index contributed by atoms with van der Waals surface area (Å²) in [4.78, 5) is 0. The van der Waals surface area contributed by atoms with Crippen LogP contribution in [0.5, 0.6) is 11.5 Å². The predicted molar refractivity (Wildman–Crippen MR) is 85.5 cm³/mol. The molecule has 0 radical (unpaired) electrons. The monoisotopic (exact) mass is 335 g/mol. The zero-order valence-electron chi connectivity index (χ0n) is 11.6. The van der Waals surface area contributed by atoms with Gasteiger partial charge in [0.2, 0.25) is 0 Å². The largest absolute Gasteiger partial charge is 0.507 e. The second kappa shape index (κ2) is 6.66. The summed E-state index contributed by atoms with van der Waals surface area (Å²) < 4.78 is 6.34. The smallest absolute Gasteiger partial charge is 0.142 e. The summed E-state index contributed by atoms with van der Waals surface area (Å²) >= 11 is 3.32. The highest BCUT2D eigenvalue weighted by molar-refractivity contribution is 9.10. The zero-order chi connectivity index (χ0) is 14.5. The molecule has 2 aromatic rings. The number of aromatic hydroxyl groups is 1. The lowest BCUT2D eigenvalue weighted by Crippen LogP contribution is -2.03. The standard InChI is InChI=1S/C16H18BrNO2/c1-3-20-16-8-11(2)4-6-14(16)18-10-12-5-7-15(19)13(17)9-12/h4-9,18-19H,3,10H2,1-2H3. The molecule has 0 aliphatic heterocycles. The first-order valence-corrected chi connectivity index (χ1v) is 7.34. The van der Waals surface area contributed by atoms with E-state index in [0.717, 1.165) is 17.0 Å². The van der Waals surface area contributed by atoms with E-state index in [-0.39, 0.29) is 5.75 Å². The third-order valence-corrected chi connectivity index (χ3v) is 3.57. The maximum absolute atomic E-state index is 9.49. The van der Waals surface area contributed by atoms with Gasteiger partial charge in [-0.3, -0.25) is 0 Å². The SMILES string of the molecule is CCOc1cc(C)ccc1NCc1ccc(O)c(Br)c1. The number of benzene rings is 2. The molecule has 20 heavy (non-hydrogen) atoms. The Morgan fingerprint density at radius 2 is 2.00 bits per heavy atom. The number of rotatable bonds is 5. The van der Waals surface area contributed by atoms with Gasteiger partial charge in [-0.1, -0.05) is 12.1 Å². The molecule has 3 nitrogen and oxygen atoms in total. The molecule has 0 aromatic heterocycles. The molecule has 0 bridgehead atoms. The topological polar surface area (TPSA) is 41.5 Å². The van der Waals surface area contributed by atoms with E-state index >= 15 is 0 Å². The van der Waals surface area contributed by atoms with E-state index in [4.69, 9.17) is 4.74 Å². The fourth-order valence-electron chi connectivity index (χ4n) is 1.91. The fourth-order valence-corrected chi connectivity index (χ4v) is 2.33. The van der Waals surface area contributed by atoms with Gasteiger partial charge in [0.05, 0.1) is 16.8 Å². The lowest BCUT2D eigenvalue weighted by Gasteiger charge is -2.13. The number of phenols is 1. The number of hydrogen-bond acceptors (Lipinski definition) is 3. The van der Waals surface area contributed by atoms with Crippen molar-refractivity contribution in [3.63, 3.8) is 0 Å². The number of ether oxygens (including phenoxy) is 1. The van der Waals surface area contributed by atoms with Gasteiger partial charge in [0.1, 0.15) is 11.5 Å². The number of anilines is 1. The highest BCUT2D eigenvalue weighted by Gasteiger charge is 2.05. The van der Waals surface area contributed by atoms with Crippen LogP contribution in [0, 0.1) is 6.92 Å². The van der Waals surface area contributed by atoms with Crippen LogP contribution in [0.3, 0.4) is 0 Å². The lowest BCUT2D eigenvalue weighted by molar-refractivity contribution is 0.341. The molecular formula is C16H18BrNO2. The molecule has 4 heteroatoms. The lowest BCUT2D eigenvalue weighted by atomic mass is 10.2. The van der Waals surface area contributed by atoms with E-state index < -0.39 is 0 Å². The van der Waals surface area contributed by atoms with Gasteiger partial charge in [0.25, 0.3) is 0 Å². The minimum atomic E-state index is 0.249. The summed E-state index contributed by atoms with van der Waals surface area (Å²) in [5, 5.41) is 12.8. The second-order valence-corrected chi connectivity index (χ2v) is 5.43. The third-order valence-electron chi connectivity index (χ3n) is 2.93. The molecular weight excluding hydrogens is 318 g/mol. The van der Waals surface area contributed by atoms with Crippen molar-refractivity contribution in [3.8, 4) is 11.5 Å². The van der Waals surface area contributed by atoms with Crippen LogP contribution in [0.4, 0.5) is 5.69 Å². The van der Waals surface area contributed by atoms with Gasteiger partial charge in [0, 0.05) is 6.54 Å². The number of aryl methyl sites for hydroxylation is 1. The molecule has 2 aromatic carbocycles. The number of halogens is 1. The van der Waals surface area contributed by atoms with Crippen LogP contribution < -0.4 is 10.1 Å². The average Bonchev–Trinajstić information content (AvgIpc) is 2.42. The summed E-state index contributed by atoms with van der Waals surface area (Å²) in [6.07, 6.45) is 0. The van der Waals surface area contributed by atoms with Crippen molar-refractivity contribution in [2.24, 2.45) is 0 Å². The van der Waals surface area contributed by atoms with Crippen molar-refractivity contribution in [1.82, 2.24) is 0 Å². The Bertz CT molecular complexity index is 599. The molecule has 0 saturated heterocycles. The first kappa shape index (κ1) is 14.7. The Morgan fingerprint density at radius 1 is 1.20 bits per heavy atom. The van der Waals surface area contributed by atoms with Crippen LogP contribution in [0.25, 0.3) is 0 Å². The molecule has 0 aliphatic rings. The van der Waals surface area contributed by atoms with Crippen LogP contribution in [-0.2, 0) is 6.54 Å². The maximum atomic E-state index is 9.49. The van der Waals surface area contributed by atoms with Crippen LogP contribution in [-0.4, -0.2) is 11.7 Å². The van der Waals surface area contributed by atoms with Gasteiger partial charge < -0.3 is 15.2 Å². The minimum Gasteiger partial charge on any atom is -0.507 e. The molecule has 0 amide bonds. The van der Waals surface area contributed by atoms with E-state index in [0.29, 0.717) is 17.6 Å². The molecule has 0 heterocycles. The molecule has 0 saturated carbocycles. The first-order valence-electron chi connectivity index (χ1n) is 6.55. The number of hydrogen-bond donors (Lipinski definition) is 2. The number of nitrogens with one attached hydrogen (secondary N) is 1. The van der Waals surface area contributed by atoms with Crippen LogP contribution >= 0.6 is 15.9 Å². The second-order valence-electron chi connectivity index (χ2n) is 4.57. The molecule has 0 atom stereocenters. The Hall–Kier alpha value is -1.68. The predicted octanol–water partition coefficient (Wildman–Crippen LogP) is 4.47. The molecule has 0 spiro atoms. The van der Waals surface area contributed by atoms with Gasteiger partial charge in [-0.25, -0.2) is 0 Å². The Labute approximate surface area is 127 Å². The quantitative estimate of drug-likeness (QED) is 0.846. The van der Waals surface area contributed by atoms with Crippen molar-refractivity contribution in [1.29, 1.82) is 0 Å². The minimum absolute atomic E-state index is 0.249. The van der Waals surface area contributed by atoms with Gasteiger partial charge in [-0.15, -0.1) is 0 Å². The maximum Gasteiger partial charge on any atom is 0.142 e. The van der Waals surface area contributed by atoms with Crippen molar-refractivity contribution < 1.29 is 9.84 Å². The van der Waals surface area contributed by atoms with E-state index in [9.17, 15) is 5.11 Å². The Kier molecular flexibility index (Phi) is 4.90. The van der Waals surface area contributed by atoms with Crippen LogP contribution in [0.15, 0.2) is 40.9 Å². The Balaban J connectivity index is 2.11. The van der Waals surface area contributed by atoms with Crippen molar-refractivity contribution >= 4 is 21.6 Å². The summed E-state index contributed by atoms with van der Waals surface area (Å²) in [7, 11) is 0. The van der Waals surface area contributed by atoms with E-state index in [2.05, 4.69) is 27.3 Å². The summed E-state index contributed by atoms with van der Waals surface area (Å²) in [5.74, 6) is 1.12. The molecule has 0 unspecified atom stereocenters. The van der Waals surface area contributed by atoms with E-state index in [1.54, 1.807) is 6.07 Å². The van der Waals surface area contributed by atoms with Gasteiger partial charge in [-0.2, -0.15) is 0 Å². The zero-order valence-corrected chi connectivity index (χ0v) is 13.2. The van der Waals surface area contributed by atoms with E-state index in [1.807, 2.05) is 38.1 Å². The number of phenolic OH excluding ortho intramolecular Hbond substituents is 1. The van der Waals surface area contributed by atoms with Crippen molar-refractivity contribution in [3.05, 3.63) is 52.0 Å². The van der Waals surface area contributed by atoms with Crippen LogP contribution in [0.2, 0.25) is 0 Å². The molecule has 2 N–H and O–H groups in total. The van der Waals surface area contributed by atoms with Gasteiger partial charge in [-0.05, 0) is 65.2 Å². The van der Waals surface area contributed by atoms with Gasteiger partial charge in [0.15, 0.2) is 0 Å². The third kappa shape index (κ3) is 3.67. The fraction of sp³-hybridized carbons (Fsp3) is 0.250. The highest BCUT2D eigenvalue weighted by Crippen LogP contribution is 2.28. The normalized spacial score (nSPS) is 10.3. The summed E-state index contributed by atoms with van der Waals surface area (Å²) in [5.41, 5.74) is 3.23. The first-order chi connectivity index (χ1) is 9.60.